The van der Waals surface area contributed by atoms with Crippen LogP contribution < -0.4 is 11.1 Å². The molecule has 0 unspecified atom stereocenters. The maximum Gasteiger partial charge on any atom is 0.263 e. The Hall–Kier alpha value is -1.62. The maximum absolute atomic E-state index is 12.3. The number of aromatic nitrogens is 1. The lowest BCUT2D eigenvalue weighted by Crippen LogP contribution is -2.39. The largest absolute Gasteiger partial charge is 0.397 e. The molecule has 1 saturated carbocycles. The first-order valence-corrected chi connectivity index (χ1v) is 7.74. The third-order valence-electron chi connectivity index (χ3n) is 4.18. The molecule has 0 saturated heterocycles. The molecule has 0 bridgehead atoms. The maximum atomic E-state index is 12.3. The van der Waals surface area contributed by atoms with Crippen LogP contribution in [0.4, 0.5) is 5.69 Å². The quantitative estimate of drug-likeness (QED) is 0.912. The van der Waals surface area contributed by atoms with E-state index in [2.05, 4.69) is 17.2 Å². The zero-order valence-corrected chi connectivity index (χ0v) is 12.6. The van der Waals surface area contributed by atoms with Crippen molar-refractivity contribution in [2.75, 3.05) is 12.3 Å². The molecule has 5 heteroatoms. The van der Waals surface area contributed by atoms with Crippen LogP contribution in [0, 0.1) is 12.3 Å². The number of nitrogens with zero attached hydrogens (tertiary/aromatic N) is 1. The Morgan fingerprint density at radius 1 is 1.50 bits per heavy atom. The number of nitrogen functional groups attached to an aromatic ring is 1. The van der Waals surface area contributed by atoms with E-state index in [9.17, 15) is 4.79 Å². The number of thiophene rings is 1. The second kappa shape index (κ2) is 4.74. The van der Waals surface area contributed by atoms with Crippen molar-refractivity contribution in [1.82, 2.24) is 10.3 Å². The molecule has 20 heavy (non-hydrogen) atoms. The van der Waals surface area contributed by atoms with E-state index in [4.69, 9.17) is 5.73 Å². The highest BCUT2D eigenvalue weighted by atomic mass is 32.1. The monoisotopic (exact) mass is 289 g/mol. The highest BCUT2D eigenvalue weighted by Gasteiger charge is 2.32. The number of aryl methyl sites for hydroxylation is 1. The van der Waals surface area contributed by atoms with Gasteiger partial charge >= 0.3 is 0 Å². The Kier molecular flexibility index (Phi) is 3.17. The first kappa shape index (κ1) is 13.4. The van der Waals surface area contributed by atoms with Gasteiger partial charge in [-0.15, -0.1) is 11.3 Å². The standard InChI is InChI=1S/C15H19N3OS/c1-9-4-5-10-11(16)12(20-14(10)18-9)13(19)17-8-15(2)6-3-7-15/h4-5H,3,6-8,16H2,1-2H3,(H,17,19). The Labute approximate surface area is 122 Å². The number of carbonyl (C=O) groups excluding carboxylic acids is 1. The number of hydrogen-bond donors (Lipinski definition) is 2. The summed E-state index contributed by atoms with van der Waals surface area (Å²) >= 11 is 1.37. The molecule has 2 heterocycles. The average Bonchev–Trinajstić information content (AvgIpc) is 2.70. The molecule has 106 valence electrons. The lowest BCUT2D eigenvalue weighted by Gasteiger charge is -2.38. The molecule has 1 fully saturated rings. The summed E-state index contributed by atoms with van der Waals surface area (Å²) in [5, 5.41) is 3.90. The summed E-state index contributed by atoms with van der Waals surface area (Å²) in [6.07, 6.45) is 3.65. The Morgan fingerprint density at radius 3 is 2.90 bits per heavy atom. The lowest BCUT2D eigenvalue weighted by molar-refractivity contribution is 0.0895. The van der Waals surface area contributed by atoms with E-state index in [1.54, 1.807) is 0 Å². The zero-order chi connectivity index (χ0) is 14.3. The number of hydrogen-bond acceptors (Lipinski definition) is 4. The van der Waals surface area contributed by atoms with Crippen LogP contribution in [-0.4, -0.2) is 17.4 Å². The Bertz CT molecular complexity index is 673. The highest BCUT2D eigenvalue weighted by Crippen LogP contribution is 2.39. The van der Waals surface area contributed by atoms with Gasteiger partial charge in [0.15, 0.2) is 0 Å². The van der Waals surface area contributed by atoms with Gasteiger partial charge in [0.1, 0.15) is 9.71 Å². The molecule has 1 aliphatic rings. The minimum Gasteiger partial charge on any atom is -0.397 e. The molecule has 0 atom stereocenters. The molecule has 2 aromatic heterocycles. The second-order valence-corrected chi connectivity index (χ2v) is 7.00. The first-order chi connectivity index (χ1) is 9.48. The average molecular weight is 289 g/mol. The molecule has 1 amide bonds. The molecule has 4 nitrogen and oxygen atoms in total. The normalized spacial score (nSPS) is 16.9. The predicted octanol–water partition coefficient (Wildman–Crippen LogP) is 3.11. The lowest BCUT2D eigenvalue weighted by atomic mass is 9.70. The van der Waals surface area contributed by atoms with Gasteiger partial charge in [-0.3, -0.25) is 4.79 Å². The van der Waals surface area contributed by atoms with Gasteiger partial charge in [-0.05, 0) is 37.3 Å². The van der Waals surface area contributed by atoms with Crippen molar-refractivity contribution >= 4 is 33.1 Å². The van der Waals surface area contributed by atoms with Crippen molar-refractivity contribution in [3.8, 4) is 0 Å². The molecule has 3 rings (SSSR count). The molecule has 1 aliphatic carbocycles. The number of carbonyl (C=O) groups is 1. The summed E-state index contributed by atoms with van der Waals surface area (Å²) in [5.41, 5.74) is 7.85. The topological polar surface area (TPSA) is 68.0 Å². The molecule has 0 aliphatic heterocycles. The van der Waals surface area contributed by atoms with E-state index in [-0.39, 0.29) is 11.3 Å². The van der Waals surface area contributed by atoms with E-state index in [1.807, 2.05) is 19.1 Å². The van der Waals surface area contributed by atoms with Crippen LogP contribution in [0.3, 0.4) is 0 Å². The van der Waals surface area contributed by atoms with Crippen molar-refractivity contribution in [2.24, 2.45) is 5.41 Å². The Balaban J connectivity index is 1.82. The molecular weight excluding hydrogens is 270 g/mol. The van der Waals surface area contributed by atoms with E-state index >= 15 is 0 Å². The molecule has 0 radical (unpaired) electrons. The molecule has 3 N–H and O–H groups in total. The van der Waals surface area contributed by atoms with Crippen LogP contribution in [0.1, 0.15) is 41.6 Å². The van der Waals surface area contributed by atoms with Gasteiger partial charge in [-0.2, -0.15) is 0 Å². The number of amides is 1. The van der Waals surface area contributed by atoms with Crippen molar-refractivity contribution < 1.29 is 4.79 Å². The number of fused-ring (bicyclic) bond motifs is 1. The van der Waals surface area contributed by atoms with Crippen molar-refractivity contribution in [1.29, 1.82) is 0 Å². The molecular formula is C15H19N3OS. The van der Waals surface area contributed by atoms with Gasteiger partial charge in [0.05, 0.1) is 5.69 Å². The summed E-state index contributed by atoms with van der Waals surface area (Å²) in [6.45, 7) is 4.88. The number of anilines is 1. The van der Waals surface area contributed by atoms with Gasteiger partial charge in [0, 0.05) is 17.6 Å². The van der Waals surface area contributed by atoms with Crippen LogP contribution in [0.5, 0.6) is 0 Å². The van der Waals surface area contributed by atoms with Gasteiger partial charge < -0.3 is 11.1 Å². The Morgan fingerprint density at radius 2 is 2.25 bits per heavy atom. The van der Waals surface area contributed by atoms with Gasteiger partial charge in [-0.25, -0.2) is 4.98 Å². The summed E-state index contributed by atoms with van der Waals surface area (Å²) in [5.74, 6) is -0.0729. The number of rotatable bonds is 3. The van der Waals surface area contributed by atoms with Gasteiger partial charge in [-0.1, -0.05) is 13.3 Å². The van der Waals surface area contributed by atoms with E-state index < -0.39 is 0 Å². The van der Waals surface area contributed by atoms with Crippen LogP contribution in [0.15, 0.2) is 12.1 Å². The summed E-state index contributed by atoms with van der Waals surface area (Å²) in [6, 6.07) is 3.86. The third-order valence-corrected chi connectivity index (χ3v) is 5.29. The molecule has 2 aromatic rings. The van der Waals surface area contributed by atoms with Gasteiger partial charge in [0.2, 0.25) is 0 Å². The minimum atomic E-state index is -0.0729. The fourth-order valence-electron chi connectivity index (χ4n) is 2.59. The van der Waals surface area contributed by atoms with Crippen molar-refractivity contribution in [2.45, 2.75) is 33.1 Å². The van der Waals surface area contributed by atoms with Crippen LogP contribution in [0.2, 0.25) is 0 Å². The number of pyridine rings is 1. The second-order valence-electron chi connectivity index (χ2n) is 6.00. The van der Waals surface area contributed by atoms with Crippen LogP contribution in [0.25, 0.3) is 10.2 Å². The minimum absolute atomic E-state index is 0.0729. The fraction of sp³-hybridized carbons (Fsp3) is 0.467. The summed E-state index contributed by atoms with van der Waals surface area (Å²) in [4.78, 5) is 18.2. The SMILES string of the molecule is Cc1ccc2c(N)c(C(=O)NCC3(C)CCC3)sc2n1. The smallest absolute Gasteiger partial charge is 0.263 e. The summed E-state index contributed by atoms with van der Waals surface area (Å²) in [7, 11) is 0. The van der Waals surface area contributed by atoms with Crippen LogP contribution >= 0.6 is 11.3 Å². The highest BCUT2D eigenvalue weighted by molar-refractivity contribution is 7.21. The first-order valence-electron chi connectivity index (χ1n) is 6.92. The molecule has 0 aromatic carbocycles. The number of nitrogens with two attached hydrogens (primary N) is 1. The number of nitrogens with one attached hydrogen (secondary N) is 1. The van der Waals surface area contributed by atoms with Gasteiger partial charge in [0.25, 0.3) is 5.91 Å². The van der Waals surface area contributed by atoms with Crippen LogP contribution in [-0.2, 0) is 0 Å². The van der Waals surface area contributed by atoms with E-state index in [0.29, 0.717) is 10.6 Å². The van der Waals surface area contributed by atoms with Crippen molar-refractivity contribution in [3.63, 3.8) is 0 Å². The zero-order valence-electron chi connectivity index (χ0n) is 11.8. The summed E-state index contributed by atoms with van der Waals surface area (Å²) < 4.78 is 0. The third kappa shape index (κ3) is 2.26. The predicted molar refractivity (Wildman–Crippen MR) is 83.1 cm³/mol. The van der Waals surface area contributed by atoms with E-state index in [0.717, 1.165) is 22.5 Å². The van der Waals surface area contributed by atoms with Crippen molar-refractivity contribution in [3.05, 3.63) is 22.7 Å². The molecule has 0 spiro atoms. The fourth-order valence-corrected chi connectivity index (χ4v) is 3.65. The van der Waals surface area contributed by atoms with E-state index in [1.165, 1.54) is 30.6 Å².